The third-order valence-electron chi connectivity index (χ3n) is 5.85. The van der Waals surface area contributed by atoms with Gasteiger partial charge in [0.2, 0.25) is 0 Å². The van der Waals surface area contributed by atoms with Gasteiger partial charge in [-0.2, -0.15) is 0 Å². The fraction of sp³-hybridized carbons (Fsp3) is 0.148. The van der Waals surface area contributed by atoms with Gasteiger partial charge in [0.25, 0.3) is 0 Å². The first-order chi connectivity index (χ1) is 16.0. The maximum Gasteiger partial charge on any atom is 0.314 e. The molecular weight excluding hydrogens is 414 g/mol. The van der Waals surface area contributed by atoms with Crippen molar-refractivity contribution in [2.45, 2.75) is 25.2 Å². The van der Waals surface area contributed by atoms with Crippen LogP contribution >= 0.6 is 0 Å². The Labute approximate surface area is 191 Å². The fourth-order valence-corrected chi connectivity index (χ4v) is 3.89. The monoisotopic (exact) mass is 437 g/mol. The molecular formula is C27H23N3O3. The van der Waals surface area contributed by atoms with Crippen molar-refractivity contribution < 1.29 is 14.6 Å². The van der Waals surface area contributed by atoms with Gasteiger partial charge in [-0.15, -0.1) is 0 Å². The lowest BCUT2D eigenvalue weighted by Gasteiger charge is -2.14. The first-order valence-corrected chi connectivity index (χ1v) is 10.8. The van der Waals surface area contributed by atoms with E-state index < -0.39 is 11.4 Å². The molecule has 2 aromatic heterocycles. The molecule has 0 saturated heterocycles. The number of pyridine rings is 2. The van der Waals surface area contributed by atoms with Gasteiger partial charge >= 0.3 is 5.97 Å². The summed E-state index contributed by atoms with van der Waals surface area (Å²) in [7, 11) is 0. The smallest absolute Gasteiger partial charge is 0.314 e. The van der Waals surface area contributed by atoms with Crippen molar-refractivity contribution in [1.29, 1.82) is 0 Å². The van der Waals surface area contributed by atoms with Crippen LogP contribution in [0.15, 0.2) is 85.1 Å². The molecule has 0 unspecified atom stereocenters. The van der Waals surface area contributed by atoms with E-state index in [4.69, 9.17) is 4.74 Å². The van der Waals surface area contributed by atoms with Gasteiger partial charge in [-0.05, 0) is 55.7 Å². The summed E-state index contributed by atoms with van der Waals surface area (Å²) >= 11 is 0. The minimum atomic E-state index is -0.769. The Hall–Kier alpha value is -4.19. The van der Waals surface area contributed by atoms with Gasteiger partial charge in [-0.1, -0.05) is 42.5 Å². The third kappa shape index (κ3) is 4.28. The van der Waals surface area contributed by atoms with E-state index in [1.54, 1.807) is 12.3 Å². The predicted molar refractivity (Wildman–Crippen MR) is 127 cm³/mol. The van der Waals surface area contributed by atoms with Crippen LogP contribution in [0.3, 0.4) is 0 Å². The number of benzene rings is 2. The number of nitrogens with zero attached hydrogens (tertiary/aromatic N) is 2. The lowest BCUT2D eigenvalue weighted by Crippen LogP contribution is -2.19. The first-order valence-electron chi connectivity index (χ1n) is 10.8. The quantitative estimate of drug-likeness (QED) is 0.363. The number of hydrogen-bond donors (Lipinski definition) is 2. The van der Waals surface area contributed by atoms with E-state index in [-0.39, 0.29) is 0 Å². The summed E-state index contributed by atoms with van der Waals surface area (Å²) in [6.45, 7) is 1.95. The summed E-state index contributed by atoms with van der Waals surface area (Å²) in [5, 5.41) is 12.8. The lowest BCUT2D eigenvalue weighted by atomic mass is 9.96. The minimum Gasteiger partial charge on any atom is -0.481 e. The van der Waals surface area contributed by atoms with Crippen molar-refractivity contribution in [3.63, 3.8) is 0 Å². The second kappa shape index (κ2) is 8.39. The average Bonchev–Trinajstić information content (AvgIpc) is 3.64. The maximum absolute atomic E-state index is 11.7. The van der Waals surface area contributed by atoms with E-state index in [1.165, 1.54) is 0 Å². The van der Waals surface area contributed by atoms with Crippen LogP contribution in [0.25, 0.3) is 11.3 Å². The summed E-state index contributed by atoms with van der Waals surface area (Å²) in [4.78, 5) is 20.7. The number of hydrogen-bond acceptors (Lipinski definition) is 5. The normalized spacial score (nSPS) is 13.8. The lowest BCUT2D eigenvalue weighted by molar-refractivity contribution is -0.140. The SMILES string of the molecule is Cc1ccc(Oc2ccnc(Nc3cccc(C4(C(=O)O)CC4)c3)c2)c(-c2ccccc2)n1. The predicted octanol–water partition coefficient (Wildman–Crippen LogP) is 6.10. The molecule has 2 N–H and O–H groups in total. The Morgan fingerprint density at radius 1 is 1.00 bits per heavy atom. The Balaban J connectivity index is 1.39. The molecule has 1 aliphatic rings. The molecule has 4 aromatic rings. The molecule has 0 radical (unpaired) electrons. The van der Waals surface area contributed by atoms with Gasteiger partial charge in [0.05, 0.1) is 5.41 Å². The van der Waals surface area contributed by atoms with Gasteiger partial charge in [0.15, 0.2) is 5.75 Å². The highest BCUT2D eigenvalue weighted by Crippen LogP contribution is 2.49. The van der Waals surface area contributed by atoms with Crippen LogP contribution in [-0.4, -0.2) is 21.0 Å². The second-order valence-electron chi connectivity index (χ2n) is 8.24. The molecule has 1 aliphatic carbocycles. The minimum absolute atomic E-state index is 0.603. The molecule has 0 aliphatic heterocycles. The summed E-state index contributed by atoms with van der Waals surface area (Å²) in [6, 6.07) is 24.9. The number of aliphatic carboxylic acids is 1. The Morgan fingerprint density at radius 2 is 1.82 bits per heavy atom. The van der Waals surface area contributed by atoms with Crippen LogP contribution in [-0.2, 0) is 10.2 Å². The molecule has 164 valence electrons. The number of carboxylic acids is 1. The van der Waals surface area contributed by atoms with Gasteiger partial charge in [-0.3, -0.25) is 4.79 Å². The zero-order chi connectivity index (χ0) is 22.8. The molecule has 1 saturated carbocycles. The standard InChI is InChI=1S/C27H23N3O3/c1-18-10-11-23(25(29-18)19-6-3-2-4-7-19)33-22-12-15-28-24(17-22)30-21-9-5-8-20(16-21)27(13-14-27)26(31)32/h2-12,15-17H,13-14H2,1H3,(H,28,30)(H,31,32). The molecule has 1 fully saturated rings. The zero-order valence-electron chi connectivity index (χ0n) is 18.2. The molecule has 6 heteroatoms. The average molecular weight is 437 g/mol. The number of ether oxygens (including phenoxy) is 1. The van der Waals surface area contributed by atoms with E-state index in [1.807, 2.05) is 79.7 Å². The largest absolute Gasteiger partial charge is 0.481 e. The fourth-order valence-electron chi connectivity index (χ4n) is 3.89. The third-order valence-corrected chi connectivity index (χ3v) is 5.85. The van der Waals surface area contributed by atoms with Crippen LogP contribution < -0.4 is 10.1 Å². The molecule has 0 spiro atoms. The van der Waals surface area contributed by atoms with Crippen molar-refractivity contribution in [3.8, 4) is 22.8 Å². The molecule has 5 rings (SSSR count). The van der Waals surface area contributed by atoms with E-state index in [2.05, 4.69) is 15.3 Å². The van der Waals surface area contributed by atoms with Crippen molar-refractivity contribution in [3.05, 3.63) is 96.3 Å². The molecule has 2 aromatic carbocycles. The van der Waals surface area contributed by atoms with E-state index >= 15 is 0 Å². The number of aromatic nitrogens is 2. The number of nitrogens with one attached hydrogen (secondary N) is 1. The van der Waals surface area contributed by atoms with E-state index in [0.717, 1.165) is 28.2 Å². The van der Waals surface area contributed by atoms with Crippen LogP contribution in [0.5, 0.6) is 11.5 Å². The molecule has 0 atom stereocenters. The number of rotatable bonds is 7. The van der Waals surface area contributed by atoms with Gasteiger partial charge < -0.3 is 15.2 Å². The zero-order valence-corrected chi connectivity index (χ0v) is 18.2. The topological polar surface area (TPSA) is 84.3 Å². The maximum atomic E-state index is 11.7. The van der Waals surface area contributed by atoms with Crippen LogP contribution in [0.1, 0.15) is 24.1 Å². The molecule has 0 amide bonds. The van der Waals surface area contributed by atoms with Crippen molar-refractivity contribution in [1.82, 2.24) is 9.97 Å². The summed E-state index contributed by atoms with van der Waals surface area (Å²) in [6.07, 6.45) is 3.01. The van der Waals surface area contributed by atoms with Crippen LogP contribution in [0.2, 0.25) is 0 Å². The van der Waals surface area contributed by atoms with Crippen molar-refractivity contribution >= 4 is 17.5 Å². The Bertz CT molecular complexity index is 1320. The Morgan fingerprint density at radius 3 is 2.58 bits per heavy atom. The molecule has 0 bridgehead atoms. The van der Waals surface area contributed by atoms with Crippen molar-refractivity contribution in [2.24, 2.45) is 0 Å². The van der Waals surface area contributed by atoms with Crippen LogP contribution in [0, 0.1) is 6.92 Å². The van der Waals surface area contributed by atoms with E-state index in [9.17, 15) is 9.90 Å². The van der Waals surface area contributed by atoms with Crippen molar-refractivity contribution in [2.75, 3.05) is 5.32 Å². The van der Waals surface area contributed by atoms with Gasteiger partial charge in [-0.25, -0.2) is 9.97 Å². The number of carboxylic acid groups (broad SMARTS) is 1. The summed E-state index contributed by atoms with van der Waals surface area (Å²) < 4.78 is 6.20. The number of aryl methyl sites for hydroxylation is 1. The summed E-state index contributed by atoms with van der Waals surface area (Å²) in [5.74, 6) is 1.11. The van der Waals surface area contributed by atoms with Crippen LogP contribution in [0.4, 0.5) is 11.5 Å². The Kier molecular flexibility index (Phi) is 5.26. The molecule has 6 nitrogen and oxygen atoms in total. The van der Waals surface area contributed by atoms with Gasteiger partial charge in [0.1, 0.15) is 17.3 Å². The second-order valence-corrected chi connectivity index (χ2v) is 8.24. The van der Waals surface area contributed by atoms with Gasteiger partial charge in [0, 0.05) is 29.2 Å². The number of carbonyl (C=O) groups is 1. The van der Waals surface area contributed by atoms with E-state index in [0.29, 0.717) is 30.2 Å². The number of anilines is 2. The first kappa shape index (κ1) is 20.7. The molecule has 2 heterocycles. The highest BCUT2D eigenvalue weighted by Gasteiger charge is 2.51. The highest BCUT2D eigenvalue weighted by atomic mass is 16.5. The highest BCUT2D eigenvalue weighted by molar-refractivity contribution is 5.85. The molecule has 33 heavy (non-hydrogen) atoms. The summed E-state index contributed by atoms with van der Waals surface area (Å²) in [5.41, 5.74) is 3.51.